The van der Waals surface area contributed by atoms with Crippen LogP contribution in [0.2, 0.25) is 20.1 Å². The number of hydrogen-bond donors (Lipinski definition) is 1. The molecule has 1 heterocycles. The molecule has 0 aliphatic heterocycles. The van der Waals surface area contributed by atoms with Crippen molar-refractivity contribution < 1.29 is 27.5 Å². The molecule has 0 spiro atoms. The van der Waals surface area contributed by atoms with E-state index in [9.17, 15) is 13.6 Å². The SMILES string of the molecule is O=C(Nc1ccc(OC(F)F)c(Cl)c1)c1ccc(COc2c(Cl)cc(Cl)cc2Cl)o1. The summed E-state index contributed by atoms with van der Waals surface area (Å²) in [6, 6.07) is 9.79. The van der Waals surface area contributed by atoms with E-state index >= 15 is 0 Å². The molecule has 1 amide bonds. The Hall–Kier alpha value is -2.19. The molecule has 2 aromatic carbocycles. The molecule has 0 fully saturated rings. The molecule has 3 aromatic rings. The number of hydrogen-bond acceptors (Lipinski definition) is 4. The Morgan fingerprint density at radius 3 is 2.33 bits per heavy atom. The molecule has 158 valence electrons. The largest absolute Gasteiger partial charge is 0.483 e. The van der Waals surface area contributed by atoms with Crippen LogP contribution in [-0.4, -0.2) is 12.5 Å². The lowest BCUT2D eigenvalue weighted by Gasteiger charge is -2.09. The van der Waals surface area contributed by atoms with Gasteiger partial charge in [0.1, 0.15) is 18.1 Å². The lowest BCUT2D eigenvalue weighted by Crippen LogP contribution is -2.11. The Labute approximate surface area is 189 Å². The third-order valence-electron chi connectivity index (χ3n) is 3.61. The third-order valence-corrected chi connectivity index (χ3v) is 4.69. The lowest BCUT2D eigenvalue weighted by atomic mass is 10.3. The van der Waals surface area contributed by atoms with E-state index in [0.717, 1.165) is 0 Å². The first-order valence-corrected chi connectivity index (χ1v) is 9.66. The van der Waals surface area contributed by atoms with Crippen LogP contribution < -0.4 is 14.8 Å². The number of carbonyl (C=O) groups excluding carboxylic acids is 1. The van der Waals surface area contributed by atoms with Crippen LogP contribution in [0.15, 0.2) is 46.9 Å². The van der Waals surface area contributed by atoms with Gasteiger partial charge in [0.25, 0.3) is 5.91 Å². The van der Waals surface area contributed by atoms with Crippen molar-refractivity contribution in [2.45, 2.75) is 13.2 Å². The number of benzene rings is 2. The summed E-state index contributed by atoms with van der Waals surface area (Å²) in [5.41, 5.74) is 0.264. The monoisotopic (exact) mass is 495 g/mol. The number of nitrogens with one attached hydrogen (secondary N) is 1. The number of anilines is 1. The number of carbonyl (C=O) groups is 1. The Morgan fingerprint density at radius 2 is 1.70 bits per heavy atom. The normalized spacial score (nSPS) is 10.9. The van der Waals surface area contributed by atoms with Gasteiger partial charge in [0, 0.05) is 10.7 Å². The van der Waals surface area contributed by atoms with Crippen molar-refractivity contribution in [2.24, 2.45) is 0 Å². The van der Waals surface area contributed by atoms with Crippen molar-refractivity contribution in [3.05, 3.63) is 74.1 Å². The zero-order valence-electron chi connectivity index (χ0n) is 14.7. The number of halogens is 6. The summed E-state index contributed by atoms with van der Waals surface area (Å²) in [7, 11) is 0. The summed E-state index contributed by atoms with van der Waals surface area (Å²) in [6.45, 7) is -3.05. The van der Waals surface area contributed by atoms with Gasteiger partial charge in [0.15, 0.2) is 11.5 Å². The maximum Gasteiger partial charge on any atom is 0.387 e. The predicted molar refractivity (Wildman–Crippen MR) is 111 cm³/mol. The molecule has 0 unspecified atom stereocenters. The Bertz CT molecular complexity index is 1050. The molecule has 0 saturated heterocycles. The van der Waals surface area contributed by atoms with Gasteiger partial charge >= 0.3 is 6.61 Å². The molecule has 0 aliphatic carbocycles. The van der Waals surface area contributed by atoms with Crippen LogP contribution in [0, 0.1) is 0 Å². The van der Waals surface area contributed by atoms with Gasteiger partial charge in [-0.1, -0.05) is 46.4 Å². The first-order valence-electron chi connectivity index (χ1n) is 8.14. The molecule has 5 nitrogen and oxygen atoms in total. The number of ether oxygens (including phenoxy) is 2. The Balaban J connectivity index is 1.63. The number of rotatable bonds is 7. The van der Waals surface area contributed by atoms with E-state index < -0.39 is 12.5 Å². The topological polar surface area (TPSA) is 60.7 Å². The molecule has 30 heavy (non-hydrogen) atoms. The summed E-state index contributed by atoms with van der Waals surface area (Å²) >= 11 is 23.8. The van der Waals surface area contributed by atoms with E-state index in [-0.39, 0.29) is 44.6 Å². The highest BCUT2D eigenvalue weighted by molar-refractivity contribution is 6.40. The molecular formula is C19H11Cl4F2NO4. The van der Waals surface area contributed by atoms with Crippen molar-refractivity contribution in [1.82, 2.24) is 0 Å². The van der Waals surface area contributed by atoms with E-state index in [1.54, 1.807) is 6.07 Å². The summed E-state index contributed by atoms with van der Waals surface area (Å²) in [4.78, 5) is 12.3. The fourth-order valence-corrected chi connectivity index (χ4v) is 3.50. The van der Waals surface area contributed by atoms with Gasteiger partial charge in [0.2, 0.25) is 0 Å². The fourth-order valence-electron chi connectivity index (χ4n) is 2.35. The number of amides is 1. The van der Waals surface area contributed by atoms with Gasteiger partial charge in [-0.05, 0) is 42.5 Å². The second-order valence-corrected chi connectivity index (χ2v) is 7.39. The first-order chi connectivity index (χ1) is 14.2. The fraction of sp³-hybridized carbons (Fsp3) is 0.105. The van der Waals surface area contributed by atoms with Crippen LogP contribution in [0.4, 0.5) is 14.5 Å². The molecule has 1 N–H and O–H groups in total. The molecule has 0 radical (unpaired) electrons. The third kappa shape index (κ3) is 5.70. The van der Waals surface area contributed by atoms with Crippen LogP contribution in [0.3, 0.4) is 0 Å². The van der Waals surface area contributed by atoms with Gasteiger partial charge in [0.05, 0.1) is 15.1 Å². The minimum absolute atomic E-state index is 0.00840. The van der Waals surface area contributed by atoms with Crippen LogP contribution in [0.1, 0.15) is 16.3 Å². The highest BCUT2D eigenvalue weighted by Crippen LogP contribution is 2.36. The summed E-state index contributed by atoms with van der Waals surface area (Å²) < 4.78 is 39.8. The second kappa shape index (κ2) is 9.75. The molecule has 0 aliphatic rings. The summed E-state index contributed by atoms with van der Waals surface area (Å²) in [5.74, 6) is -0.234. The lowest BCUT2D eigenvalue weighted by molar-refractivity contribution is -0.0497. The molecule has 3 rings (SSSR count). The first kappa shape index (κ1) is 22.5. The van der Waals surface area contributed by atoms with Gasteiger partial charge in [-0.3, -0.25) is 4.79 Å². The Morgan fingerprint density at radius 1 is 1.00 bits per heavy atom. The highest BCUT2D eigenvalue weighted by atomic mass is 35.5. The van der Waals surface area contributed by atoms with Crippen molar-refractivity contribution in [3.8, 4) is 11.5 Å². The van der Waals surface area contributed by atoms with E-state index in [0.29, 0.717) is 10.8 Å². The van der Waals surface area contributed by atoms with Crippen LogP contribution >= 0.6 is 46.4 Å². The second-order valence-electron chi connectivity index (χ2n) is 5.73. The van der Waals surface area contributed by atoms with Crippen LogP contribution in [-0.2, 0) is 6.61 Å². The predicted octanol–water partition coefficient (Wildman–Crippen LogP) is 7.33. The minimum Gasteiger partial charge on any atom is -0.483 e. The van der Waals surface area contributed by atoms with Gasteiger partial charge < -0.3 is 19.2 Å². The number of alkyl halides is 2. The highest BCUT2D eigenvalue weighted by Gasteiger charge is 2.15. The van der Waals surface area contributed by atoms with E-state index in [2.05, 4.69) is 10.1 Å². The average molecular weight is 497 g/mol. The average Bonchev–Trinajstić information content (AvgIpc) is 3.12. The maximum atomic E-state index is 12.3. The van der Waals surface area contributed by atoms with E-state index in [4.69, 9.17) is 55.6 Å². The summed E-state index contributed by atoms with van der Waals surface area (Å²) in [6.07, 6.45) is 0. The smallest absolute Gasteiger partial charge is 0.387 e. The molecule has 0 atom stereocenters. The number of furan rings is 1. The molecular weight excluding hydrogens is 486 g/mol. The Kier molecular flexibility index (Phi) is 7.31. The quantitative estimate of drug-likeness (QED) is 0.372. The standard InChI is InChI=1S/C19H11Cl4F2NO4/c20-9-5-13(22)17(14(23)6-9)28-8-11-2-4-16(29-11)18(27)26-10-1-3-15(12(21)7-10)30-19(24)25/h1-7,19H,8H2,(H,26,27). The molecule has 11 heteroatoms. The molecule has 0 bridgehead atoms. The van der Waals surface area contributed by atoms with Crippen molar-refractivity contribution in [3.63, 3.8) is 0 Å². The zero-order chi connectivity index (χ0) is 21.8. The van der Waals surface area contributed by atoms with Crippen molar-refractivity contribution in [1.29, 1.82) is 0 Å². The van der Waals surface area contributed by atoms with Crippen LogP contribution in [0.25, 0.3) is 0 Å². The summed E-state index contributed by atoms with van der Waals surface area (Å²) in [5, 5.41) is 3.27. The zero-order valence-corrected chi connectivity index (χ0v) is 17.8. The van der Waals surface area contributed by atoms with Gasteiger partial charge in [-0.15, -0.1) is 0 Å². The molecule has 1 aromatic heterocycles. The van der Waals surface area contributed by atoms with Gasteiger partial charge in [-0.2, -0.15) is 8.78 Å². The van der Waals surface area contributed by atoms with Crippen molar-refractivity contribution >= 4 is 58.0 Å². The maximum absolute atomic E-state index is 12.3. The van der Waals surface area contributed by atoms with Crippen LogP contribution in [0.5, 0.6) is 11.5 Å². The molecule has 0 saturated carbocycles. The van der Waals surface area contributed by atoms with Gasteiger partial charge in [-0.25, -0.2) is 0 Å². The van der Waals surface area contributed by atoms with E-state index in [1.807, 2.05) is 0 Å². The van der Waals surface area contributed by atoms with E-state index in [1.165, 1.54) is 36.4 Å². The minimum atomic E-state index is -3.01. The van der Waals surface area contributed by atoms with Crippen molar-refractivity contribution in [2.75, 3.05) is 5.32 Å².